The summed E-state index contributed by atoms with van der Waals surface area (Å²) in [5, 5.41) is 0. The quantitative estimate of drug-likeness (QED) is 0.718. The van der Waals surface area contributed by atoms with Gasteiger partial charge in [-0.1, -0.05) is 26.8 Å². The van der Waals surface area contributed by atoms with E-state index in [0.717, 1.165) is 24.6 Å². The van der Waals surface area contributed by atoms with Crippen LogP contribution in [0, 0.1) is 0 Å². The molecule has 0 fully saturated rings. The van der Waals surface area contributed by atoms with Crippen LogP contribution in [0.3, 0.4) is 0 Å². The zero-order chi connectivity index (χ0) is 17.0. The summed E-state index contributed by atoms with van der Waals surface area (Å²) in [6, 6.07) is 3.92. The smallest absolute Gasteiger partial charge is 0.377 e. The van der Waals surface area contributed by atoms with Crippen molar-refractivity contribution in [2.45, 2.75) is 45.4 Å². The van der Waals surface area contributed by atoms with E-state index in [1.54, 1.807) is 0 Å². The first-order valence-electron chi connectivity index (χ1n) is 7.45. The molecule has 0 atom stereocenters. The highest BCUT2D eigenvalue weighted by molar-refractivity contribution is 5.37. The highest BCUT2D eigenvalue weighted by Gasteiger charge is 2.32. The van der Waals surface area contributed by atoms with Crippen molar-refractivity contribution in [3.05, 3.63) is 34.9 Å². The first-order valence-corrected chi connectivity index (χ1v) is 7.45. The van der Waals surface area contributed by atoms with E-state index < -0.39 is 11.7 Å². The normalized spacial score (nSPS) is 13.0. The molecule has 0 aliphatic heterocycles. The average molecular weight is 317 g/mol. The topological polar surface area (TPSA) is 12.5 Å². The third-order valence-electron chi connectivity index (χ3n) is 3.40. The Morgan fingerprint density at radius 3 is 2.23 bits per heavy atom. The minimum Gasteiger partial charge on any atom is -0.377 e. The van der Waals surface area contributed by atoms with E-state index >= 15 is 0 Å². The van der Waals surface area contributed by atoms with Crippen molar-refractivity contribution in [3.63, 3.8) is 0 Å². The first kappa shape index (κ1) is 19.0. The average Bonchev–Trinajstić information content (AvgIpc) is 2.35. The van der Waals surface area contributed by atoms with Gasteiger partial charge in [0.05, 0.1) is 12.2 Å². The van der Waals surface area contributed by atoms with E-state index in [1.807, 2.05) is 34.9 Å². The summed E-state index contributed by atoms with van der Waals surface area (Å²) in [6.07, 6.45) is -3.41. The van der Waals surface area contributed by atoms with Gasteiger partial charge in [-0.3, -0.25) is 0 Å². The fourth-order valence-electron chi connectivity index (χ4n) is 2.24. The van der Waals surface area contributed by atoms with Crippen molar-refractivity contribution in [3.8, 4) is 0 Å². The maximum absolute atomic E-state index is 12.9. The number of rotatable bonds is 6. The Kier molecular flexibility index (Phi) is 6.44. The fraction of sp³-hybridized carbons (Fsp3) is 0.647. The summed E-state index contributed by atoms with van der Waals surface area (Å²) in [6.45, 7) is 7.62. The molecule has 0 aromatic heterocycles. The van der Waals surface area contributed by atoms with Gasteiger partial charge in [-0.05, 0) is 55.7 Å². The van der Waals surface area contributed by atoms with Crippen molar-refractivity contribution >= 4 is 0 Å². The molecule has 1 aromatic rings. The lowest BCUT2D eigenvalue weighted by Crippen LogP contribution is -2.18. The van der Waals surface area contributed by atoms with Crippen molar-refractivity contribution < 1.29 is 17.9 Å². The van der Waals surface area contributed by atoms with Crippen LogP contribution in [0.15, 0.2) is 18.2 Å². The number of hydrogen-bond acceptors (Lipinski definition) is 2. The van der Waals surface area contributed by atoms with Gasteiger partial charge in [-0.2, -0.15) is 13.2 Å². The molecular weight excluding hydrogens is 291 g/mol. The Bertz CT molecular complexity index is 476. The first-order chi connectivity index (χ1) is 10.0. The molecule has 0 spiro atoms. The fourth-order valence-corrected chi connectivity index (χ4v) is 2.24. The SMILES string of the molecule is CN(C)CCCOCc1ccc(C(F)(F)F)cc1C(C)(C)C. The molecule has 0 saturated carbocycles. The maximum Gasteiger partial charge on any atom is 0.416 e. The Labute approximate surface area is 131 Å². The lowest BCUT2D eigenvalue weighted by Gasteiger charge is -2.24. The zero-order valence-electron chi connectivity index (χ0n) is 14.0. The summed E-state index contributed by atoms with van der Waals surface area (Å²) < 4.78 is 44.3. The van der Waals surface area contributed by atoms with Crippen LogP contribution in [0.4, 0.5) is 13.2 Å². The molecule has 5 heteroatoms. The largest absolute Gasteiger partial charge is 0.416 e. The maximum atomic E-state index is 12.9. The number of nitrogens with zero attached hydrogens (tertiary/aromatic N) is 1. The Hall–Kier alpha value is -1.07. The van der Waals surface area contributed by atoms with Crippen molar-refractivity contribution in [1.82, 2.24) is 4.90 Å². The van der Waals surface area contributed by atoms with Crippen molar-refractivity contribution in [1.29, 1.82) is 0 Å². The molecular formula is C17H26F3NO. The molecule has 0 bridgehead atoms. The molecule has 126 valence electrons. The second-order valence-corrected chi connectivity index (χ2v) is 6.83. The summed E-state index contributed by atoms with van der Waals surface area (Å²) in [5.74, 6) is 0. The highest BCUT2D eigenvalue weighted by Crippen LogP contribution is 2.34. The second-order valence-electron chi connectivity index (χ2n) is 6.83. The van der Waals surface area contributed by atoms with Gasteiger partial charge in [0.25, 0.3) is 0 Å². The van der Waals surface area contributed by atoms with E-state index in [2.05, 4.69) is 4.90 Å². The third kappa shape index (κ3) is 5.97. The van der Waals surface area contributed by atoms with E-state index in [0.29, 0.717) is 18.8 Å². The molecule has 0 aliphatic rings. The number of benzene rings is 1. The minimum atomic E-state index is -4.31. The van der Waals surface area contributed by atoms with Crippen LogP contribution in [0.25, 0.3) is 0 Å². The van der Waals surface area contributed by atoms with Gasteiger partial charge < -0.3 is 9.64 Å². The van der Waals surface area contributed by atoms with Gasteiger partial charge in [-0.15, -0.1) is 0 Å². The standard InChI is InChI=1S/C17H26F3NO/c1-16(2,3)15-11-14(17(18,19)20)8-7-13(15)12-22-10-6-9-21(4)5/h7-8,11H,6,9-10,12H2,1-5H3. The monoisotopic (exact) mass is 317 g/mol. The van der Waals surface area contributed by atoms with Gasteiger partial charge in [-0.25, -0.2) is 0 Å². The van der Waals surface area contributed by atoms with Crippen molar-refractivity contribution in [2.24, 2.45) is 0 Å². The Morgan fingerprint density at radius 2 is 1.73 bits per heavy atom. The molecule has 0 amide bonds. The van der Waals surface area contributed by atoms with Gasteiger partial charge in [0, 0.05) is 6.61 Å². The minimum absolute atomic E-state index is 0.345. The third-order valence-corrected chi connectivity index (χ3v) is 3.40. The summed E-state index contributed by atoms with van der Waals surface area (Å²) in [4.78, 5) is 2.07. The molecule has 1 rings (SSSR count). The van der Waals surface area contributed by atoms with Crippen LogP contribution in [-0.2, 0) is 22.9 Å². The molecule has 2 nitrogen and oxygen atoms in total. The molecule has 0 aliphatic carbocycles. The van der Waals surface area contributed by atoms with E-state index in [-0.39, 0.29) is 5.41 Å². The van der Waals surface area contributed by atoms with Gasteiger partial charge in [0.15, 0.2) is 0 Å². The number of alkyl halides is 3. The van der Waals surface area contributed by atoms with Gasteiger partial charge in [0.1, 0.15) is 0 Å². The predicted molar refractivity (Wildman–Crippen MR) is 83.0 cm³/mol. The van der Waals surface area contributed by atoms with E-state index in [1.165, 1.54) is 12.1 Å². The molecule has 0 heterocycles. The van der Waals surface area contributed by atoms with Crippen LogP contribution in [0.2, 0.25) is 0 Å². The summed E-state index contributed by atoms with van der Waals surface area (Å²) in [7, 11) is 3.99. The molecule has 0 N–H and O–H groups in total. The van der Waals surface area contributed by atoms with Crippen LogP contribution in [0.1, 0.15) is 43.9 Å². The van der Waals surface area contributed by atoms with Crippen LogP contribution in [-0.4, -0.2) is 32.1 Å². The van der Waals surface area contributed by atoms with Crippen LogP contribution >= 0.6 is 0 Å². The Morgan fingerprint density at radius 1 is 1.09 bits per heavy atom. The van der Waals surface area contributed by atoms with Gasteiger partial charge in [0.2, 0.25) is 0 Å². The molecule has 0 unspecified atom stereocenters. The number of ether oxygens (including phenoxy) is 1. The highest BCUT2D eigenvalue weighted by atomic mass is 19.4. The molecule has 22 heavy (non-hydrogen) atoms. The Balaban J connectivity index is 2.82. The summed E-state index contributed by atoms with van der Waals surface area (Å²) in [5.41, 5.74) is 0.554. The molecule has 0 saturated heterocycles. The van der Waals surface area contributed by atoms with Crippen LogP contribution < -0.4 is 0 Å². The lowest BCUT2D eigenvalue weighted by molar-refractivity contribution is -0.137. The van der Waals surface area contributed by atoms with E-state index in [9.17, 15) is 13.2 Å². The second kappa shape index (κ2) is 7.47. The van der Waals surface area contributed by atoms with E-state index in [4.69, 9.17) is 4.74 Å². The molecule has 0 radical (unpaired) electrons. The lowest BCUT2D eigenvalue weighted by atomic mass is 9.83. The van der Waals surface area contributed by atoms with Crippen molar-refractivity contribution in [2.75, 3.05) is 27.2 Å². The summed E-state index contributed by atoms with van der Waals surface area (Å²) >= 11 is 0. The zero-order valence-corrected chi connectivity index (χ0v) is 14.0. The predicted octanol–water partition coefficient (Wildman–Crippen LogP) is 4.47. The molecule has 1 aromatic carbocycles. The van der Waals surface area contributed by atoms with Gasteiger partial charge >= 0.3 is 6.18 Å². The number of halogens is 3. The van der Waals surface area contributed by atoms with Crippen LogP contribution in [0.5, 0.6) is 0 Å². The number of hydrogen-bond donors (Lipinski definition) is 0.